The van der Waals surface area contributed by atoms with Gasteiger partial charge in [0, 0.05) is 23.2 Å². The first-order chi connectivity index (χ1) is 12.1. The van der Waals surface area contributed by atoms with Crippen LogP contribution >= 0.6 is 0 Å². The lowest BCUT2D eigenvalue weighted by Crippen LogP contribution is -1.96. The van der Waals surface area contributed by atoms with E-state index in [1.165, 1.54) is 22.3 Å². The number of hydrogen-bond donors (Lipinski definition) is 2. The topological polar surface area (TPSA) is 59.2 Å². The lowest BCUT2D eigenvalue weighted by molar-refractivity contribution is 0.355. The number of aryl methyl sites for hydroxylation is 2. The van der Waals surface area contributed by atoms with Crippen molar-refractivity contribution in [2.75, 3.05) is 19.5 Å². The molecule has 1 aromatic heterocycles. The first-order valence-corrected chi connectivity index (χ1v) is 8.27. The van der Waals surface area contributed by atoms with E-state index in [2.05, 4.69) is 47.6 Å². The van der Waals surface area contributed by atoms with Crippen molar-refractivity contribution >= 4 is 11.5 Å². The molecule has 0 atom stereocenters. The molecule has 4 rings (SSSR count). The van der Waals surface area contributed by atoms with Gasteiger partial charge in [-0.3, -0.25) is 5.10 Å². The minimum atomic E-state index is 0.729. The molecular formula is C20H21N3O2. The molecule has 0 bridgehead atoms. The van der Waals surface area contributed by atoms with Crippen LogP contribution in [0.4, 0.5) is 11.5 Å². The number of hydrogen-bond acceptors (Lipinski definition) is 4. The summed E-state index contributed by atoms with van der Waals surface area (Å²) < 4.78 is 10.9. The molecule has 0 fully saturated rings. The number of anilines is 2. The van der Waals surface area contributed by atoms with E-state index < -0.39 is 0 Å². The molecule has 0 unspecified atom stereocenters. The van der Waals surface area contributed by atoms with Gasteiger partial charge in [-0.1, -0.05) is 6.07 Å². The van der Waals surface area contributed by atoms with Crippen molar-refractivity contribution in [1.29, 1.82) is 0 Å². The van der Waals surface area contributed by atoms with Gasteiger partial charge in [-0.2, -0.15) is 5.10 Å². The van der Waals surface area contributed by atoms with Crippen molar-refractivity contribution in [3.05, 3.63) is 52.6 Å². The molecule has 1 heterocycles. The Labute approximate surface area is 147 Å². The lowest BCUT2D eigenvalue weighted by atomic mass is 10.1. The second-order valence-electron chi connectivity index (χ2n) is 6.47. The molecule has 0 radical (unpaired) electrons. The zero-order chi connectivity index (χ0) is 17.6. The summed E-state index contributed by atoms with van der Waals surface area (Å²) in [5.74, 6) is 2.35. The average molecular weight is 335 g/mol. The largest absolute Gasteiger partial charge is 0.493 e. The van der Waals surface area contributed by atoms with E-state index in [0.717, 1.165) is 40.7 Å². The molecule has 2 N–H and O–H groups in total. The highest BCUT2D eigenvalue weighted by molar-refractivity contribution is 5.81. The number of ether oxygens (including phenoxy) is 2. The number of benzene rings is 2. The minimum Gasteiger partial charge on any atom is -0.493 e. The van der Waals surface area contributed by atoms with Gasteiger partial charge in [-0.15, -0.1) is 0 Å². The van der Waals surface area contributed by atoms with Crippen molar-refractivity contribution in [3.63, 3.8) is 0 Å². The van der Waals surface area contributed by atoms with Crippen LogP contribution < -0.4 is 14.8 Å². The summed E-state index contributed by atoms with van der Waals surface area (Å²) >= 11 is 0. The smallest absolute Gasteiger partial charge is 0.161 e. The Morgan fingerprint density at radius 1 is 0.960 bits per heavy atom. The number of aromatic amines is 1. The Kier molecular flexibility index (Phi) is 3.64. The second-order valence-corrected chi connectivity index (χ2v) is 6.47. The molecule has 1 aliphatic carbocycles. The number of methoxy groups -OCH3 is 2. The molecule has 0 amide bonds. The summed E-state index contributed by atoms with van der Waals surface area (Å²) in [5, 5.41) is 11.1. The van der Waals surface area contributed by atoms with E-state index >= 15 is 0 Å². The fourth-order valence-corrected chi connectivity index (χ4v) is 3.54. The van der Waals surface area contributed by atoms with Gasteiger partial charge in [0.2, 0.25) is 0 Å². The highest BCUT2D eigenvalue weighted by atomic mass is 16.5. The van der Waals surface area contributed by atoms with E-state index in [1.54, 1.807) is 14.2 Å². The summed E-state index contributed by atoms with van der Waals surface area (Å²) in [6.45, 7) is 4.20. The minimum absolute atomic E-state index is 0.729. The van der Waals surface area contributed by atoms with Crippen LogP contribution in [0.1, 0.15) is 22.3 Å². The van der Waals surface area contributed by atoms with E-state index in [1.807, 2.05) is 12.1 Å². The molecule has 0 spiro atoms. The first-order valence-electron chi connectivity index (χ1n) is 8.27. The van der Waals surface area contributed by atoms with Crippen molar-refractivity contribution in [2.45, 2.75) is 20.3 Å². The fourth-order valence-electron chi connectivity index (χ4n) is 3.54. The molecule has 5 heteroatoms. The number of nitrogens with one attached hydrogen (secondary N) is 2. The average Bonchev–Trinajstić information content (AvgIpc) is 3.12. The van der Waals surface area contributed by atoms with Crippen LogP contribution in [0.5, 0.6) is 11.5 Å². The third kappa shape index (κ3) is 2.61. The van der Waals surface area contributed by atoms with Crippen LogP contribution in [0, 0.1) is 13.8 Å². The summed E-state index contributed by atoms with van der Waals surface area (Å²) in [6.07, 6.45) is 0.814. The Morgan fingerprint density at radius 2 is 1.64 bits per heavy atom. The molecule has 5 nitrogen and oxygen atoms in total. The van der Waals surface area contributed by atoms with Gasteiger partial charge in [-0.25, -0.2) is 0 Å². The monoisotopic (exact) mass is 335 g/mol. The SMILES string of the molecule is COc1cc2c(cc1OC)-c1[nH]nc(Nc3cc(C)cc(C)c3)c1C2. The van der Waals surface area contributed by atoms with Gasteiger partial charge in [0.1, 0.15) is 0 Å². The Hall–Kier alpha value is -2.95. The Bertz CT molecular complexity index is 940. The third-order valence-electron chi connectivity index (χ3n) is 4.60. The molecule has 25 heavy (non-hydrogen) atoms. The van der Waals surface area contributed by atoms with Gasteiger partial charge in [0.25, 0.3) is 0 Å². The van der Waals surface area contributed by atoms with Crippen LogP contribution in [0.25, 0.3) is 11.3 Å². The van der Waals surface area contributed by atoms with E-state index in [-0.39, 0.29) is 0 Å². The fraction of sp³-hybridized carbons (Fsp3) is 0.250. The number of fused-ring (bicyclic) bond motifs is 3. The highest BCUT2D eigenvalue weighted by Gasteiger charge is 2.26. The van der Waals surface area contributed by atoms with Gasteiger partial charge in [0.05, 0.1) is 19.9 Å². The zero-order valence-electron chi connectivity index (χ0n) is 14.9. The number of rotatable bonds is 4. The Morgan fingerprint density at radius 3 is 2.32 bits per heavy atom. The maximum Gasteiger partial charge on any atom is 0.161 e. The number of nitrogens with zero attached hydrogens (tertiary/aromatic N) is 1. The summed E-state index contributed by atoms with van der Waals surface area (Å²) in [6, 6.07) is 10.5. The molecule has 0 aliphatic heterocycles. The maximum atomic E-state index is 5.43. The molecule has 3 aromatic rings. The van der Waals surface area contributed by atoms with Gasteiger partial charge in [-0.05, 0) is 54.8 Å². The zero-order valence-corrected chi connectivity index (χ0v) is 14.9. The predicted molar refractivity (Wildman–Crippen MR) is 99.1 cm³/mol. The summed E-state index contributed by atoms with van der Waals surface area (Å²) in [5.41, 5.74) is 8.06. The highest BCUT2D eigenvalue weighted by Crippen LogP contribution is 2.44. The van der Waals surface area contributed by atoms with Crippen molar-refractivity contribution in [3.8, 4) is 22.8 Å². The van der Waals surface area contributed by atoms with Crippen molar-refractivity contribution in [2.24, 2.45) is 0 Å². The van der Waals surface area contributed by atoms with Crippen LogP contribution in [-0.2, 0) is 6.42 Å². The molecule has 2 aromatic carbocycles. The summed E-state index contributed by atoms with van der Waals surface area (Å²) in [4.78, 5) is 0. The predicted octanol–water partition coefficient (Wildman–Crippen LogP) is 4.36. The second kappa shape index (κ2) is 5.84. The number of aromatic nitrogens is 2. The van der Waals surface area contributed by atoms with E-state index in [9.17, 15) is 0 Å². The van der Waals surface area contributed by atoms with Crippen LogP contribution in [0.3, 0.4) is 0 Å². The lowest BCUT2D eigenvalue weighted by Gasteiger charge is -2.10. The standard InChI is InChI=1S/C20H21N3O2/c1-11-5-12(2)7-14(6-11)21-20-16-8-13-9-17(24-3)18(25-4)10-15(13)19(16)22-23-20/h5-7,9-10H,8H2,1-4H3,(H2,21,22,23). The molecule has 0 saturated heterocycles. The third-order valence-corrected chi connectivity index (χ3v) is 4.60. The molecular weight excluding hydrogens is 314 g/mol. The summed E-state index contributed by atoms with van der Waals surface area (Å²) in [7, 11) is 3.31. The van der Waals surface area contributed by atoms with Crippen molar-refractivity contribution in [1.82, 2.24) is 10.2 Å². The van der Waals surface area contributed by atoms with Crippen LogP contribution in [0.15, 0.2) is 30.3 Å². The van der Waals surface area contributed by atoms with Crippen LogP contribution in [-0.4, -0.2) is 24.4 Å². The Balaban J connectivity index is 1.71. The van der Waals surface area contributed by atoms with Gasteiger partial charge < -0.3 is 14.8 Å². The van der Waals surface area contributed by atoms with E-state index in [0.29, 0.717) is 0 Å². The first kappa shape index (κ1) is 15.6. The molecule has 1 aliphatic rings. The van der Waals surface area contributed by atoms with Gasteiger partial charge in [0.15, 0.2) is 17.3 Å². The van der Waals surface area contributed by atoms with Gasteiger partial charge >= 0.3 is 0 Å². The van der Waals surface area contributed by atoms with Crippen LogP contribution in [0.2, 0.25) is 0 Å². The quantitative estimate of drug-likeness (QED) is 0.582. The normalized spacial score (nSPS) is 11.8. The molecule has 0 saturated carbocycles. The van der Waals surface area contributed by atoms with E-state index in [4.69, 9.17) is 9.47 Å². The molecule has 128 valence electrons. The number of H-pyrrole nitrogens is 1. The van der Waals surface area contributed by atoms with Crippen molar-refractivity contribution < 1.29 is 9.47 Å². The maximum absolute atomic E-state index is 5.43.